The molecule has 5 rings (SSSR count). The Hall–Kier alpha value is -1.00. The topological polar surface area (TPSA) is 52.6 Å². The number of Topliss-reactive ketones (excluding diaryl/α,β-unsaturated/α-hetero) is 1. The van der Waals surface area contributed by atoms with Gasteiger partial charge in [0.1, 0.15) is 5.78 Å². The summed E-state index contributed by atoms with van der Waals surface area (Å²) in [5.41, 5.74) is 1.30. The van der Waals surface area contributed by atoms with Gasteiger partial charge in [0.25, 0.3) is 0 Å². The molecular weight excluding hydrogens is 364 g/mol. The van der Waals surface area contributed by atoms with Crippen LogP contribution in [0.15, 0.2) is 11.6 Å². The van der Waals surface area contributed by atoms with Gasteiger partial charge in [-0.1, -0.05) is 32.8 Å². The number of allylic oxidation sites excluding steroid dienone is 1. The van der Waals surface area contributed by atoms with E-state index in [-0.39, 0.29) is 28.8 Å². The number of ether oxygens (including phenoxy) is 2. The van der Waals surface area contributed by atoms with Gasteiger partial charge in [-0.2, -0.15) is 0 Å². The summed E-state index contributed by atoms with van der Waals surface area (Å²) >= 11 is 0. The van der Waals surface area contributed by atoms with Crippen molar-refractivity contribution in [3.05, 3.63) is 11.6 Å². The Morgan fingerprint density at radius 1 is 1.14 bits per heavy atom. The summed E-state index contributed by atoms with van der Waals surface area (Å²) in [5, 5.41) is 0. The zero-order chi connectivity index (χ0) is 20.7. The molecule has 160 valence electrons. The highest BCUT2D eigenvalue weighted by Gasteiger charge is 2.67. The van der Waals surface area contributed by atoms with Crippen molar-refractivity contribution in [2.45, 2.75) is 91.3 Å². The highest BCUT2D eigenvalue weighted by molar-refractivity contribution is 5.98. The van der Waals surface area contributed by atoms with E-state index in [9.17, 15) is 9.59 Å². The quantitative estimate of drug-likeness (QED) is 0.653. The summed E-state index contributed by atoms with van der Waals surface area (Å²) in [7, 11) is 0. The number of carbonyl (C=O) groups excluding carboxylic acids is 2. The van der Waals surface area contributed by atoms with Crippen molar-refractivity contribution in [1.29, 1.82) is 0 Å². The first-order chi connectivity index (χ1) is 13.7. The molecule has 1 spiro atoms. The SMILES string of the molecule is CCC[C@]1(C(C)=O)CC[C@H]2[C@@H]3CCC4=CC(=O)C5(C[C@]4(C)[C@H]3CC[C@@]21C)OCO5. The normalized spacial score (nSPS) is 47.7. The molecule has 0 aromatic carbocycles. The van der Waals surface area contributed by atoms with Crippen LogP contribution in [0.5, 0.6) is 0 Å². The van der Waals surface area contributed by atoms with Crippen LogP contribution in [0, 0.1) is 34.0 Å². The Bertz CT molecular complexity index is 780. The summed E-state index contributed by atoms with van der Waals surface area (Å²) < 4.78 is 11.4. The first kappa shape index (κ1) is 19.9. The average molecular weight is 401 g/mol. The molecule has 1 heterocycles. The van der Waals surface area contributed by atoms with Crippen LogP contribution in [0.25, 0.3) is 0 Å². The molecule has 0 unspecified atom stereocenters. The van der Waals surface area contributed by atoms with Crippen LogP contribution in [-0.2, 0) is 19.1 Å². The van der Waals surface area contributed by atoms with Gasteiger partial charge in [-0.15, -0.1) is 0 Å². The average Bonchev–Trinajstić information content (AvgIpc) is 2.94. The lowest BCUT2D eigenvalue weighted by molar-refractivity contribution is -0.383. The highest BCUT2D eigenvalue weighted by Crippen LogP contribution is 2.71. The fraction of sp³-hybridized carbons (Fsp3) is 0.840. The molecule has 0 bridgehead atoms. The van der Waals surface area contributed by atoms with Gasteiger partial charge in [0.05, 0.1) is 0 Å². The summed E-state index contributed by atoms with van der Waals surface area (Å²) in [6.07, 6.45) is 11.3. The maximum atomic E-state index is 13.0. The maximum Gasteiger partial charge on any atom is 0.237 e. The largest absolute Gasteiger partial charge is 0.316 e. The van der Waals surface area contributed by atoms with E-state index >= 15 is 0 Å². The van der Waals surface area contributed by atoms with Gasteiger partial charge in [0.2, 0.25) is 11.6 Å². The molecule has 0 N–H and O–H groups in total. The maximum absolute atomic E-state index is 13.0. The molecule has 5 aliphatic rings. The minimum absolute atomic E-state index is 0.00901. The van der Waals surface area contributed by atoms with Crippen LogP contribution in [0.1, 0.15) is 85.5 Å². The molecule has 0 amide bonds. The van der Waals surface area contributed by atoms with Crippen molar-refractivity contribution in [3.63, 3.8) is 0 Å². The highest BCUT2D eigenvalue weighted by atomic mass is 16.9. The van der Waals surface area contributed by atoms with E-state index in [0.717, 1.165) is 44.9 Å². The molecule has 0 radical (unpaired) electrons. The predicted molar refractivity (Wildman–Crippen MR) is 110 cm³/mol. The number of ketones is 2. The van der Waals surface area contributed by atoms with Crippen molar-refractivity contribution in [2.24, 2.45) is 34.0 Å². The molecule has 0 aromatic rings. The molecule has 4 heteroatoms. The van der Waals surface area contributed by atoms with Gasteiger partial charge in [-0.25, -0.2) is 0 Å². The Balaban J connectivity index is 1.50. The Morgan fingerprint density at radius 2 is 1.86 bits per heavy atom. The second kappa shape index (κ2) is 6.26. The summed E-state index contributed by atoms with van der Waals surface area (Å²) in [4.78, 5) is 25.6. The predicted octanol–water partition coefficient (Wildman–Crippen LogP) is 5.20. The van der Waals surface area contributed by atoms with Gasteiger partial charge >= 0.3 is 0 Å². The molecule has 1 saturated heterocycles. The zero-order valence-electron chi connectivity index (χ0n) is 18.5. The van der Waals surface area contributed by atoms with E-state index in [0.29, 0.717) is 30.0 Å². The Morgan fingerprint density at radius 3 is 2.48 bits per heavy atom. The van der Waals surface area contributed by atoms with Crippen LogP contribution in [-0.4, -0.2) is 24.1 Å². The molecule has 4 nitrogen and oxygen atoms in total. The number of fused-ring (bicyclic) bond motifs is 5. The van der Waals surface area contributed by atoms with Crippen LogP contribution >= 0.6 is 0 Å². The monoisotopic (exact) mass is 400 g/mol. The zero-order valence-corrected chi connectivity index (χ0v) is 18.5. The molecule has 29 heavy (non-hydrogen) atoms. The molecule has 6 atom stereocenters. The summed E-state index contributed by atoms with van der Waals surface area (Å²) in [6, 6.07) is 0. The summed E-state index contributed by atoms with van der Waals surface area (Å²) in [5.74, 6) is 1.23. The third-order valence-electron chi connectivity index (χ3n) is 10.3. The van der Waals surface area contributed by atoms with Gasteiger partial charge in [-0.05, 0) is 86.5 Å². The fourth-order valence-corrected chi connectivity index (χ4v) is 8.82. The van der Waals surface area contributed by atoms with Crippen LogP contribution in [0.2, 0.25) is 0 Å². The molecular formula is C25H36O4. The van der Waals surface area contributed by atoms with Crippen molar-refractivity contribution in [3.8, 4) is 0 Å². The standard InChI is InChI=1S/C25H36O4/c1-5-10-24(16(2)26)12-9-20-18-7-6-17-13-21(27)25(28-15-29-25)14-22(17,3)19(18)8-11-23(20,24)4/h13,18-20H,5-12,14-15H2,1-4H3/t18-,19+,20+,22+,23+,24-/m1/s1. The molecule has 1 aliphatic heterocycles. The third kappa shape index (κ3) is 2.34. The summed E-state index contributed by atoms with van der Waals surface area (Å²) in [6.45, 7) is 9.10. The first-order valence-electron chi connectivity index (χ1n) is 11.8. The minimum atomic E-state index is -1.01. The smallest absolute Gasteiger partial charge is 0.237 e. The molecule has 4 aliphatic carbocycles. The number of rotatable bonds is 3. The molecule has 0 aromatic heterocycles. The van der Waals surface area contributed by atoms with Crippen molar-refractivity contribution < 1.29 is 19.1 Å². The van der Waals surface area contributed by atoms with Crippen molar-refractivity contribution in [2.75, 3.05) is 6.79 Å². The van der Waals surface area contributed by atoms with Crippen LogP contribution in [0.4, 0.5) is 0 Å². The minimum Gasteiger partial charge on any atom is -0.316 e. The van der Waals surface area contributed by atoms with Crippen LogP contribution < -0.4 is 0 Å². The van der Waals surface area contributed by atoms with Crippen molar-refractivity contribution >= 4 is 11.6 Å². The van der Waals surface area contributed by atoms with Gasteiger partial charge in [0, 0.05) is 11.8 Å². The van der Waals surface area contributed by atoms with Crippen LogP contribution in [0.3, 0.4) is 0 Å². The number of carbonyl (C=O) groups is 2. The van der Waals surface area contributed by atoms with Gasteiger partial charge < -0.3 is 9.47 Å². The lowest BCUT2D eigenvalue weighted by Gasteiger charge is -2.61. The number of hydrogen-bond donors (Lipinski definition) is 0. The molecule has 3 saturated carbocycles. The Labute approximate surface area is 174 Å². The lowest BCUT2D eigenvalue weighted by atomic mass is 9.44. The lowest BCUT2D eigenvalue weighted by Crippen LogP contribution is -2.61. The molecule has 4 fully saturated rings. The van der Waals surface area contributed by atoms with E-state index in [4.69, 9.17) is 9.47 Å². The Kier molecular flexibility index (Phi) is 4.30. The van der Waals surface area contributed by atoms with Gasteiger partial charge in [0.15, 0.2) is 6.79 Å². The first-order valence-corrected chi connectivity index (χ1v) is 11.8. The van der Waals surface area contributed by atoms with E-state index in [1.165, 1.54) is 12.0 Å². The fourth-order valence-electron chi connectivity index (χ4n) is 8.82. The van der Waals surface area contributed by atoms with E-state index in [2.05, 4.69) is 20.8 Å². The number of hydrogen-bond acceptors (Lipinski definition) is 4. The second-order valence-corrected chi connectivity index (χ2v) is 11.1. The van der Waals surface area contributed by atoms with E-state index in [1.54, 1.807) is 0 Å². The third-order valence-corrected chi connectivity index (χ3v) is 10.3. The van der Waals surface area contributed by atoms with E-state index in [1.807, 2.05) is 13.0 Å². The van der Waals surface area contributed by atoms with E-state index < -0.39 is 5.79 Å². The van der Waals surface area contributed by atoms with Crippen molar-refractivity contribution in [1.82, 2.24) is 0 Å². The van der Waals surface area contributed by atoms with Gasteiger partial charge in [-0.3, -0.25) is 9.59 Å². The second-order valence-electron chi connectivity index (χ2n) is 11.1.